The van der Waals surface area contributed by atoms with Gasteiger partial charge in [0.1, 0.15) is 5.82 Å². The SMILES string of the molecule is Cc1cc2c(c(CCC(=O)O)n1)c(=O)cc(Nc1ccccc1)n2-c1ccccc1. The number of hydrogen-bond acceptors (Lipinski definition) is 4. The predicted octanol–water partition coefficient (Wildman–Crippen LogP) is 4.45. The van der Waals surface area contributed by atoms with E-state index in [4.69, 9.17) is 5.11 Å². The van der Waals surface area contributed by atoms with E-state index in [1.165, 1.54) is 0 Å². The monoisotopic (exact) mass is 399 g/mol. The molecule has 0 saturated carbocycles. The van der Waals surface area contributed by atoms with Crippen LogP contribution >= 0.6 is 0 Å². The zero-order valence-electron chi connectivity index (χ0n) is 16.5. The quantitative estimate of drug-likeness (QED) is 0.500. The van der Waals surface area contributed by atoms with Crippen molar-refractivity contribution in [1.82, 2.24) is 9.55 Å². The van der Waals surface area contributed by atoms with E-state index >= 15 is 0 Å². The largest absolute Gasteiger partial charge is 0.481 e. The Balaban J connectivity index is 2.00. The molecular weight excluding hydrogens is 378 g/mol. The fraction of sp³-hybridized carbons (Fsp3) is 0.125. The van der Waals surface area contributed by atoms with Crippen LogP contribution in [0.15, 0.2) is 77.6 Å². The van der Waals surface area contributed by atoms with Gasteiger partial charge in [0.2, 0.25) is 0 Å². The number of aromatic nitrogens is 2. The van der Waals surface area contributed by atoms with E-state index in [1.807, 2.05) is 78.2 Å². The number of fused-ring (bicyclic) bond motifs is 1. The Morgan fingerprint density at radius 2 is 1.70 bits per heavy atom. The fourth-order valence-electron chi connectivity index (χ4n) is 3.58. The highest BCUT2D eigenvalue weighted by Gasteiger charge is 2.16. The van der Waals surface area contributed by atoms with Crippen molar-refractivity contribution >= 4 is 28.4 Å². The lowest BCUT2D eigenvalue weighted by Gasteiger charge is -2.19. The first-order chi connectivity index (χ1) is 14.5. The molecule has 4 aromatic rings. The summed E-state index contributed by atoms with van der Waals surface area (Å²) in [4.78, 5) is 28.7. The Morgan fingerprint density at radius 3 is 2.37 bits per heavy atom. The highest BCUT2D eigenvalue weighted by Crippen LogP contribution is 2.27. The van der Waals surface area contributed by atoms with Gasteiger partial charge in [0.25, 0.3) is 0 Å². The normalized spacial score (nSPS) is 10.8. The minimum atomic E-state index is -0.919. The summed E-state index contributed by atoms with van der Waals surface area (Å²) >= 11 is 0. The van der Waals surface area contributed by atoms with Crippen LogP contribution in [0.25, 0.3) is 16.6 Å². The maximum atomic E-state index is 13.1. The third-order valence-electron chi connectivity index (χ3n) is 4.83. The maximum Gasteiger partial charge on any atom is 0.303 e. The lowest BCUT2D eigenvalue weighted by atomic mass is 10.1. The van der Waals surface area contributed by atoms with Gasteiger partial charge in [-0.15, -0.1) is 0 Å². The molecular formula is C24H21N3O3. The van der Waals surface area contributed by atoms with Gasteiger partial charge in [-0.2, -0.15) is 0 Å². The van der Waals surface area contributed by atoms with Crippen molar-refractivity contribution in [2.45, 2.75) is 19.8 Å². The number of carboxylic acids is 1. The second kappa shape index (κ2) is 8.21. The Morgan fingerprint density at radius 1 is 1.03 bits per heavy atom. The van der Waals surface area contributed by atoms with Crippen LogP contribution in [0.4, 0.5) is 11.5 Å². The van der Waals surface area contributed by atoms with Gasteiger partial charge in [-0.05, 0) is 37.3 Å². The number of benzene rings is 2. The lowest BCUT2D eigenvalue weighted by Crippen LogP contribution is -2.15. The van der Waals surface area contributed by atoms with Crippen molar-refractivity contribution in [3.8, 4) is 5.69 Å². The Kier molecular flexibility index (Phi) is 5.30. The zero-order valence-corrected chi connectivity index (χ0v) is 16.5. The predicted molar refractivity (Wildman–Crippen MR) is 118 cm³/mol. The fourth-order valence-corrected chi connectivity index (χ4v) is 3.58. The van der Waals surface area contributed by atoms with Crippen LogP contribution in [0.3, 0.4) is 0 Å². The first-order valence-corrected chi connectivity index (χ1v) is 9.68. The number of carbonyl (C=O) groups is 1. The summed E-state index contributed by atoms with van der Waals surface area (Å²) in [6, 6.07) is 22.8. The molecule has 2 heterocycles. The number of hydrogen-bond donors (Lipinski definition) is 2. The van der Waals surface area contributed by atoms with E-state index in [-0.39, 0.29) is 18.3 Å². The molecule has 2 aromatic carbocycles. The highest BCUT2D eigenvalue weighted by molar-refractivity contribution is 5.86. The summed E-state index contributed by atoms with van der Waals surface area (Å²) in [6.45, 7) is 1.85. The number of anilines is 2. The smallest absolute Gasteiger partial charge is 0.303 e. The van der Waals surface area contributed by atoms with E-state index in [0.29, 0.717) is 22.4 Å². The number of nitrogens with zero attached hydrogens (tertiary/aromatic N) is 2. The van der Waals surface area contributed by atoms with Gasteiger partial charge >= 0.3 is 5.97 Å². The van der Waals surface area contributed by atoms with Crippen LogP contribution in [0, 0.1) is 6.92 Å². The minimum Gasteiger partial charge on any atom is -0.481 e. The van der Waals surface area contributed by atoms with Crippen molar-refractivity contribution in [3.05, 3.63) is 94.4 Å². The standard InChI is InChI=1S/C24H21N3O3/c1-16-14-20-24(19(25-16)12-13-23(29)30)21(28)15-22(26-17-8-4-2-5-9-17)27(20)18-10-6-3-7-11-18/h2-11,14-15,26H,12-13H2,1H3,(H,29,30). The summed E-state index contributed by atoms with van der Waals surface area (Å²) in [5.74, 6) is -0.295. The van der Waals surface area contributed by atoms with Gasteiger partial charge in [-0.25, -0.2) is 0 Å². The van der Waals surface area contributed by atoms with E-state index in [9.17, 15) is 9.59 Å². The van der Waals surface area contributed by atoms with Gasteiger partial charge in [-0.1, -0.05) is 36.4 Å². The Labute approximate surface area is 173 Å². The van der Waals surface area contributed by atoms with Crippen LogP contribution in [-0.2, 0) is 11.2 Å². The summed E-state index contributed by atoms with van der Waals surface area (Å²) < 4.78 is 1.97. The molecule has 2 N–H and O–H groups in total. The Hall–Kier alpha value is -3.93. The minimum absolute atomic E-state index is 0.0830. The summed E-state index contributed by atoms with van der Waals surface area (Å²) in [6.07, 6.45) is 0.114. The maximum absolute atomic E-state index is 13.1. The molecule has 0 spiro atoms. The van der Waals surface area contributed by atoms with E-state index in [0.717, 1.165) is 17.1 Å². The van der Waals surface area contributed by atoms with Crippen molar-refractivity contribution in [3.63, 3.8) is 0 Å². The molecule has 4 rings (SSSR count). The van der Waals surface area contributed by atoms with Crippen molar-refractivity contribution in [2.75, 3.05) is 5.32 Å². The first-order valence-electron chi connectivity index (χ1n) is 9.68. The number of nitrogens with one attached hydrogen (secondary N) is 1. The van der Waals surface area contributed by atoms with Crippen molar-refractivity contribution < 1.29 is 9.90 Å². The molecule has 0 aliphatic heterocycles. The molecule has 0 amide bonds. The molecule has 150 valence electrons. The summed E-state index contributed by atoms with van der Waals surface area (Å²) in [5.41, 5.74) is 3.48. The van der Waals surface area contributed by atoms with Gasteiger partial charge < -0.3 is 10.4 Å². The zero-order chi connectivity index (χ0) is 21.1. The molecule has 0 atom stereocenters. The molecule has 30 heavy (non-hydrogen) atoms. The van der Waals surface area contributed by atoms with Crippen LogP contribution in [-0.4, -0.2) is 20.6 Å². The highest BCUT2D eigenvalue weighted by atomic mass is 16.4. The molecule has 0 aliphatic rings. The number of para-hydroxylation sites is 2. The average molecular weight is 399 g/mol. The third-order valence-corrected chi connectivity index (χ3v) is 4.83. The van der Waals surface area contributed by atoms with Crippen molar-refractivity contribution in [1.29, 1.82) is 0 Å². The number of carboxylic acid groups (broad SMARTS) is 1. The second-order valence-corrected chi connectivity index (χ2v) is 7.05. The molecule has 0 fully saturated rings. The molecule has 0 unspecified atom stereocenters. The van der Waals surface area contributed by atoms with Gasteiger partial charge in [0.15, 0.2) is 5.43 Å². The molecule has 6 nitrogen and oxygen atoms in total. The van der Waals surface area contributed by atoms with Gasteiger partial charge in [0.05, 0.1) is 23.0 Å². The number of rotatable bonds is 6. The number of aryl methyl sites for hydroxylation is 2. The van der Waals surface area contributed by atoms with E-state index in [2.05, 4.69) is 10.3 Å². The van der Waals surface area contributed by atoms with Gasteiger partial charge in [-0.3, -0.25) is 19.1 Å². The summed E-state index contributed by atoms with van der Waals surface area (Å²) in [5, 5.41) is 12.9. The average Bonchev–Trinajstić information content (AvgIpc) is 2.73. The number of aliphatic carboxylic acids is 1. The second-order valence-electron chi connectivity index (χ2n) is 7.05. The molecule has 6 heteroatoms. The van der Waals surface area contributed by atoms with Gasteiger partial charge in [0, 0.05) is 29.6 Å². The lowest BCUT2D eigenvalue weighted by molar-refractivity contribution is -0.136. The number of pyridine rings is 2. The first kappa shape index (κ1) is 19.4. The van der Waals surface area contributed by atoms with Crippen LogP contribution in [0.5, 0.6) is 0 Å². The Bertz CT molecular complexity index is 1270. The van der Waals surface area contributed by atoms with Crippen LogP contribution in [0.2, 0.25) is 0 Å². The molecule has 0 saturated heterocycles. The van der Waals surface area contributed by atoms with E-state index < -0.39 is 5.97 Å². The molecule has 2 aromatic heterocycles. The third kappa shape index (κ3) is 3.93. The van der Waals surface area contributed by atoms with E-state index in [1.54, 1.807) is 6.07 Å². The van der Waals surface area contributed by atoms with Crippen LogP contribution in [0.1, 0.15) is 17.8 Å². The van der Waals surface area contributed by atoms with Crippen molar-refractivity contribution in [2.24, 2.45) is 0 Å². The molecule has 0 radical (unpaired) electrons. The molecule has 0 aliphatic carbocycles. The summed E-state index contributed by atoms with van der Waals surface area (Å²) in [7, 11) is 0. The topological polar surface area (TPSA) is 84.2 Å². The molecule has 0 bridgehead atoms. The van der Waals surface area contributed by atoms with Crippen LogP contribution < -0.4 is 10.7 Å².